The molecule has 2 aromatic rings. The smallest absolute Gasteiger partial charge is 0.171 e. The Bertz CT molecular complexity index is 631. The van der Waals surface area contributed by atoms with Gasteiger partial charge in [0.1, 0.15) is 0 Å². The predicted octanol–water partition coefficient (Wildman–Crippen LogP) is 4.32. The summed E-state index contributed by atoms with van der Waals surface area (Å²) >= 11 is 5.35. The van der Waals surface area contributed by atoms with E-state index in [-0.39, 0.29) is 0 Å². The van der Waals surface area contributed by atoms with Crippen molar-refractivity contribution in [2.75, 3.05) is 18.4 Å². The molecule has 0 radical (unpaired) electrons. The van der Waals surface area contributed by atoms with Crippen molar-refractivity contribution in [3.05, 3.63) is 65.2 Å². The molecule has 4 heteroatoms. The molecule has 0 unspecified atom stereocenters. The van der Waals surface area contributed by atoms with E-state index in [9.17, 15) is 0 Å². The zero-order chi connectivity index (χ0) is 17.4. The highest BCUT2D eigenvalue weighted by molar-refractivity contribution is 7.80. The zero-order valence-corrected chi connectivity index (χ0v) is 15.6. The molecule has 0 aliphatic heterocycles. The number of nitrogens with zero attached hydrogens (tertiary/aromatic N) is 1. The van der Waals surface area contributed by atoms with Gasteiger partial charge in [0, 0.05) is 18.8 Å². The van der Waals surface area contributed by atoms with E-state index in [0.717, 1.165) is 31.9 Å². The van der Waals surface area contributed by atoms with Crippen LogP contribution in [0, 0.1) is 6.92 Å². The fourth-order valence-corrected chi connectivity index (χ4v) is 2.65. The molecule has 0 heterocycles. The average molecular weight is 342 g/mol. The second kappa shape index (κ2) is 9.40. The summed E-state index contributed by atoms with van der Waals surface area (Å²) in [6.45, 7) is 10.4. The Morgan fingerprint density at radius 3 is 2.08 bits per heavy atom. The maximum atomic E-state index is 5.35. The highest BCUT2D eigenvalue weighted by atomic mass is 32.1. The normalized spacial score (nSPS) is 10.7. The van der Waals surface area contributed by atoms with Crippen LogP contribution in [0.15, 0.2) is 48.5 Å². The van der Waals surface area contributed by atoms with Gasteiger partial charge in [-0.3, -0.25) is 4.90 Å². The Morgan fingerprint density at radius 1 is 0.917 bits per heavy atom. The molecule has 0 saturated heterocycles. The van der Waals surface area contributed by atoms with Gasteiger partial charge in [0.2, 0.25) is 0 Å². The van der Waals surface area contributed by atoms with E-state index in [1.165, 1.54) is 16.7 Å². The Morgan fingerprint density at radius 2 is 1.50 bits per heavy atom. The third-order valence-electron chi connectivity index (χ3n) is 4.09. The fraction of sp³-hybridized carbons (Fsp3) is 0.350. The number of hydrogen-bond acceptors (Lipinski definition) is 2. The summed E-state index contributed by atoms with van der Waals surface area (Å²) in [5.41, 5.74) is 4.83. The van der Waals surface area contributed by atoms with E-state index in [1.807, 2.05) is 12.1 Å². The van der Waals surface area contributed by atoms with E-state index >= 15 is 0 Å². The number of anilines is 1. The van der Waals surface area contributed by atoms with Gasteiger partial charge in [-0.2, -0.15) is 0 Å². The van der Waals surface area contributed by atoms with Crippen molar-refractivity contribution in [1.29, 1.82) is 0 Å². The van der Waals surface area contributed by atoms with Crippen LogP contribution in [0.1, 0.15) is 30.5 Å². The minimum absolute atomic E-state index is 0.645. The predicted molar refractivity (Wildman–Crippen MR) is 107 cm³/mol. The number of thiocarbonyl (C=S) groups is 1. The number of benzene rings is 2. The van der Waals surface area contributed by atoms with Crippen LogP contribution in [0.25, 0.3) is 0 Å². The van der Waals surface area contributed by atoms with Gasteiger partial charge in [0.05, 0.1) is 0 Å². The van der Waals surface area contributed by atoms with Crippen LogP contribution in [0.5, 0.6) is 0 Å². The summed E-state index contributed by atoms with van der Waals surface area (Å²) in [4.78, 5) is 2.41. The molecular weight excluding hydrogens is 314 g/mol. The zero-order valence-electron chi connectivity index (χ0n) is 14.8. The Hall–Kier alpha value is -1.91. The first-order chi connectivity index (χ1) is 11.6. The third kappa shape index (κ3) is 5.95. The lowest BCUT2D eigenvalue weighted by Gasteiger charge is -2.18. The van der Waals surface area contributed by atoms with E-state index < -0.39 is 0 Å². The van der Waals surface area contributed by atoms with Crippen LogP contribution in [0.4, 0.5) is 5.69 Å². The Labute approximate surface area is 151 Å². The standard InChI is InChI=1S/C20H27N3S/c1-4-23(5-2)15-18-10-8-17(9-11-18)14-21-20(24)22-19-12-6-16(3)7-13-19/h6-13H,4-5,14-15H2,1-3H3,(H2,21,22,24). The van der Waals surface area contributed by atoms with Gasteiger partial charge in [0.25, 0.3) is 0 Å². The summed E-state index contributed by atoms with van der Waals surface area (Å²) in [6.07, 6.45) is 0. The summed E-state index contributed by atoms with van der Waals surface area (Å²) in [7, 11) is 0. The molecule has 0 bridgehead atoms. The van der Waals surface area contributed by atoms with Crippen LogP contribution >= 0.6 is 12.2 Å². The lowest BCUT2D eigenvalue weighted by Crippen LogP contribution is -2.27. The molecule has 0 aliphatic carbocycles. The van der Waals surface area contributed by atoms with Crippen molar-refractivity contribution in [2.45, 2.75) is 33.9 Å². The molecule has 0 fully saturated rings. The SMILES string of the molecule is CCN(CC)Cc1ccc(CNC(=S)Nc2ccc(C)cc2)cc1. The van der Waals surface area contributed by atoms with Gasteiger partial charge >= 0.3 is 0 Å². The molecule has 24 heavy (non-hydrogen) atoms. The van der Waals surface area contributed by atoms with E-state index in [4.69, 9.17) is 12.2 Å². The van der Waals surface area contributed by atoms with Crippen LogP contribution in [0.2, 0.25) is 0 Å². The van der Waals surface area contributed by atoms with E-state index in [0.29, 0.717) is 5.11 Å². The van der Waals surface area contributed by atoms with Gasteiger partial charge in [-0.15, -0.1) is 0 Å². The molecule has 2 rings (SSSR count). The summed E-state index contributed by atoms with van der Waals surface area (Å²) in [5, 5.41) is 7.10. The first-order valence-electron chi connectivity index (χ1n) is 8.52. The van der Waals surface area contributed by atoms with E-state index in [1.54, 1.807) is 0 Å². The van der Waals surface area contributed by atoms with Crippen LogP contribution in [-0.2, 0) is 13.1 Å². The first kappa shape index (κ1) is 18.4. The third-order valence-corrected chi connectivity index (χ3v) is 4.33. The average Bonchev–Trinajstić information content (AvgIpc) is 2.61. The van der Waals surface area contributed by atoms with Gasteiger partial charge < -0.3 is 10.6 Å². The number of rotatable bonds is 7. The molecular formula is C20H27N3S. The highest BCUT2D eigenvalue weighted by Gasteiger charge is 2.02. The minimum Gasteiger partial charge on any atom is -0.358 e. The molecule has 2 aromatic carbocycles. The topological polar surface area (TPSA) is 27.3 Å². The van der Waals surface area contributed by atoms with Gasteiger partial charge in [0.15, 0.2) is 5.11 Å². The van der Waals surface area contributed by atoms with Crippen molar-refractivity contribution in [3.63, 3.8) is 0 Å². The molecule has 0 aliphatic rings. The maximum absolute atomic E-state index is 5.35. The second-order valence-electron chi connectivity index (χ2n) is 5.95. The van der Waals surface area contributed by atoms with Crippen molar-refractivity contribution in [3.8, 4) is 0 Å². The first-order valence-corrected chi connectivity index (χ1v) is 8.93. The van der Waals surface area contributed by atoms with Crippen LogP contribution in [-0.4, -0.2) is 23.1 Å². The molecule has 0 spiro atoms. The lowest BCUT2D eigenvalue weighted by molar-refractivity contribution is 0.296. The van der Waals surface area contributed by atoms with Crippen LogP contribution < -0.4 is 10.6 Å². The molecule has 0 aromatic heterocycles. The summed E-state index contributed by atoms with van der Waals surface area (Å²) in [6, 6.07) is 16.9. The minimum atomic E-state index is 0.645. The second-order valence-corrected chi connectivity index (χ2v) is 6.36. The van der Waals surface area contributed by atoms with Crippen molar-refractivity contribution < 1.29 is 0 Å². The molecule has 3 nitrogen and oxygen atoms in total. The fourth-order valence-electron chi connectivity index (χ4n) is 2.46. The Kier molecular flexibility index (Phi) is 7.22. The van der Waals surface area contributed by atoms with Gasteiger partial charge in [-0.05, 0) is 55.5 Å². The quantitative estimate of drug-likeness (QED) is 0.733. The number of aryl methyl sites for hydroxylation is 1. The van der Waals surface area contributed by atoms with Crippen molar-refractivity contribution >= 4 is 23.0 Å². The van der Waals surface area contributed by atoms with E-state index in [2.05, 4.69) is 72.7 Å². The van der Waals surface area contributed by atoms with Crippen molar-refractivity contribution in [2.24, 2.45) is 0 Å². The highest BCUT2D eigenvalue weighted by Crippen LogP contribution is 2.09. The maximum Gasteiger partial charge on any atom is 0.171 e. The Balaban J connectivity index is 1.81. The van der Waals surface area contributed by atoms with Gasteiger partial charge in [-0.1, -0.05) is 55.8 Å². The molecule has 0 saturated carbocycles. The lowest BCUT2D eigenvalue weighted by atomic mass is 10.1. The largest absolute Gasteiger partial charge is 0.358 e. The van der Waals surface area contributed by atoms with Crippen molar-refractivity contribution in [1.82, 2.24) is 10.2 Å². The monoisotopic (exact) mass is 341 g/mol. The molecule has 2 N–H and O–H groups in total. The number of hydrogen-bond donors (Lipinski definition) is 2. The summed E-state index contributed by atoms with van der Waals surface area (Å²) in [5.74, 6) is 0. The molecule has 0 atom stereocenters. The molecule has 0 amide bonds. The van der Waals surface area contributed by atoms with Crippen LogP contribution in [0.3, 0.4) is 0 Å². The van der Waals surface area contributed by atoms with Gasteiger partial charge in [-0.25, -0.2) is 0 Å². The summed E-state index contributed by atoms with van der Waals surface area (Å²) < 4.78 is 0. The number of nitrogens with one attached hydrogen (secondary N) is 2. The molecule has 128 valence electrons.